The van der Waals surface area contributed by atoms with E-state index < -0.39 is 35.9 Å². The SMILES string of the molecule is CC(CNc1nc(-c2cc(C3=NCC=C3)n(Cc3ccccc3F)n2)ncc1N)(C(F)(F)F)C(F)(F)F. The Morgan fingerprint density at radius 3 is 2.41 bits per heavy atom. The average molecular weight is 527 g/mol. The van der Waals surface area contributed by atoms with Crippen molar-refractivity contribution in [2.24, 2.45) is 10.4 Å². The number of allylic oxidation sites excluding steroid dienone is 1. The molecule has 0 atom stereocenters. The van der Waals surface area contributed by atoms with Gasteiger partial charge in [-0.25, -0.2) is 14.4 Å². The molecule has 1 aliphatic heterocycles. The molecule has 3 aromatic rings. The maximum absolute atomic E-state index is 14.3. The minimum absolute atomic E-state index is 0.0183. The third-order valence-corrected chi connectivity index (χ3v) is 5.87. The van der Waals surface area contributed by atoms with Crippen molar-refractivity contribution >= 4 is 17.2 Å². The predicted molar refractivity (Wildman–Crippen MR) is 122 cm³/mol. The molecule has 3 heterocycles. The molecule has 196 valence electrons. The molecule has 2 aromatic heterocycles. The van der Waals surface area contributed by atoms with Crippen LogP contribution in [0.4, 0.5) is 42.2 Å². The number of alkyl halides is 6. The van der Waals surface area contributed by atoms with E-state index in [4.69, 9.17) is 5.73 Å². The van der Waals surface area contributed by atoms with E-state index in [1.807, 2.05) is 0 Å². The summed E-state index contributed by atoms with van der Waals surface area (Å²) in [6, 6.07) is 7.61. The summed E-state index contributed by atoms with van der Waals surface area (Å²) < 4.78 is 95.3. The molecule has 37 heavy (non-hydrogen) atoms. The van der Waals surface area contributed by atoms with Crippen LogP contribution in [0.25, 0.3) is 11.5 Å². The summed E-state index contributed by atoms with van der Waals surface area (Å²) in [5.41, 5.74) is 2.91. The second kappa shape index (κ2) is 9.48. The molecule has 14 heteroatoms. The number of aromatic nitrogens is 4. The van der Waals surface area contributed by atoms with Crippen molar-refractivity contribution in [3.8, 4) is 11.5 Å². The number of aliphatic imine (C=N–C) groups is 1. The standard InChI is InChI=1S/C23H20F7N7/c1-21(22(25,26)27,23(28,29)30)12-34-19-15(31)10-33-20(35-19)17-9-18(16-7-4-8-32-16)37(36-17)11-13-5-2-3-6-14(13)24/h2-7,9-10H,8,11-12,31H2,1H3,(H,33,34,35). The molecule has 1 aliphatic rings. The summed E-state index contributed by atoms with van der Waals surface area (Å²) in [5.74, 6) is -0.997. The molecule has 0 amide bonds. The van der Waals surface area contributed by atoms with Crippen LogP contribution < -0.4 is 11.1 Å². The Kier molecular flexibility index (Phi) is 6.69. The van der Waals surface area contributed by atoms with Gasteiger partial charge in [0.25, 0.3) is 0 Å². The number of nitrogen functional groups attached to an aromatic ring is 1. The fourth-order valence-corrected chi connectivity index (χ4v) is 3.45. The molecule has 0 saturated carbocycles. The zero-order valence-corrected chi connectivity index (χ0v) is 19.2. The zero-order valence-electron chi connectivity index (χ0n) is 19.2. The number of nitrogens with one attached hydrogen (secondary N) is 1. The van der Waals surface area contributed by atoms with Crippen LogP contribution in [-0.2, 0) is 6.54 Å². The molecule has 0 unspecified atom stereocenters. The van der Waals surface area contributed by atoms with Crippen LogP contribution in [0.15, 0.2) is 53.7 Å². The molecule has 0 radical (unpaired) electrons. The quantitative estimate of drug-likeness (QED) is 0.422. The highest BCUT2D eigenvalue weighted by Gasteiger charge is 2.67. The van der Waals surface area contributed by atoms with Crippen molar-refractivity contribution in [3.63, 3.8) is 0 Å². The van der Waals surface area contributed by atoms with Gasteiger partial charge in [0.2, 0.25) is 0 Å². The van der Waals surface area contributed by atoms with Gasteiger partial charge in [-0.2, -0.15) is 31.4 Å². The molecule has 0 bridgehead atoms. The van der Waals surface area contributed by atoms with Gasteiger partial charge in [-0.15, -0.1) is 0 Å². The Balaban J connectivity index is 1.68. The lowest BCUT2D eigenvalue weighted by Gasteiger charge is -2.34. The van der Waals surface area contributed by atoms with Gasteiger partial charge in [-0.05, 0) is 25.1 Å². The van der Waals surface area contributed by atoms with Gasteiger partial charge in [0, 0.05) is 12.1 Å². The molecule has 7 nitrogen and oxygen atoms in total. The van der Waals surface area contributed by atoms with E-state index in [9.17, 15) is 30.7 Å². The Bertz CT molecular complexity index is 1340. The molecule has 4 rings (SSSR count). The second-order valence-corrected chi connectivity index (χ2v) is 8.47. The Hall–Kier alpha value is -3.97. The highest BCUT2D eigenvalue weighted by molar-refractivity contribution is 6.09. The number of rotatable bonds is 7. The molecular formula is C23H20F7N7. The van der Waals surface area contributed by atoms with Crippen molar-refractivity contribution < 1.29 is 30.7 Å². The molecular weight excluding hydrogens is 507 g/mol. The number of nitrogens with zero attached hydrogens (tertiary/aromatic N) is 5. The topological polar surface area (TPSA) is 94.0 Å². The fourth-order valence-electron chi connectivity index (χ4n) is 3.45. The van der Waals surface area contributed by atoms with Crippen molar-refractivity contribution in [2.75, 3.05) is 24.1 Å². The van der Waals surface area contributed by atoms with Crippen LogP contribution in [0, 0.1) is 11.2 Å². The second-order valence-electron chi connectivity index (χ2n) is 8.47. The lowest BCUT2D eigenvalue weighted by molar-refractivity contribution is -0.328. The van der Waals surface area contributed by atoms with E-state index in [2.05, 4.69) is 25.4 Å². The number of halogens is 7. The van der Waals surface area contributed by atoms with E-state index in [0.717, 1.165) is 6.20 Å². The summed E-state index contributed by atoms with van der Waals surface area (Å²) >= 11 is 0. The molecule has 0 fully saturated rings. The van der Waals surface area contributed by atoms with Crippen LogP contribution in [0.3, 0.4) is 0 Å². The molecule has 0 saturated heterocycles. The maximum atomic E-state index is 14.3. The number of nitrogens with two attached hydrogens (primary N) is 1. The largest absolute Gasteiger partial charge is 0.404 e. The first kappa shape index (κ1) is 26.1. The van der Waals surface area contributed by atoms with Gasteiger partial charge in [0.15, 0.2) is 17.1 Å². The van der Waals surface area contributed by atoms with E-state index in [1.165, 1.54) is 16.8 Å². The van der Waals surface area contributed by atoms with Crippen LogP contribution in [0.1, 0.15) is 18.2 Å². The Morgan fingerprint density at radius 2 is 1.78 bits per heavy atom. The monoisotopic (exact) mass is 527 g/mol. The summed E-state index contributed by atoms with van der Waals surface area (Å²) in [6.45, 7) is -1.07. The first-order valence-electron chi connectivity index (χ1n) is 10.8. The highest BCUT2D eigenvalue weighted by Crippen LogP contribution is 2.50. The van der Waals surface area contributed by atoms with E-state index in [-0.39, 0.29) is 30.7 Å². The summed E-state index contributed by atoms with van der Waals surface area (Å²) in [5, 5.41) is 6.47. The van der Waals surface area contributed by atoms with Crippen molar-refractivity contribution in [1.29, 1.82) is 0 Å². The van der Waals surface area contributed by atoms with Crippen molar-refractivity contribution in [2.45, 2.75) is 25.8 Å². The van der Waals surface area contributed by atoms with Crippen LogP contribution in [0.2, 0.25) is 0 Å². The lowest BCUT2D eigenvalue weighted by atomic mass is 9.89. The highest BCUT2D eigenvalue weighted by atomic mass is 19.4. The first-order chi connectivity index (χ1) is 17.3. The van der Waals surface area contributed by atoms with Crippen molar-refractivity contribution in [3.05, 3.63) is 65.8 Å². The van der Waals surface area contributed by atoms with Gasteiger partial charge in [0.05, 0.1) is 36.4 Å². The molecule has 3 N–H and O–H groups in total. The molecule has 0 spiro atoms. The van der Waals surface area contributed by atoms with Gasteiger partial charge in [-0.3, -0.25) is 9.67 Å². The smallest absolute Gasteiger partial charge is 0.394 e. The third kappa shape index (κ3) is 5.13. The molecule has 0 aliphatic carbocycles. The fraction of sp³-hybridized carbons (Fsp3) is 0.304. The number of benzene rings is 1. The van der Waals surface area contributed by atoms with Crippen LogP contribution >= 0.6 is 0 Å². The average Bonchev–Trinajstić information content (AvgIpc) is 3.48. The summed E-state index contributed by atoms with van der Waals surface area (Å²) in [6.07, 6.45) is -6.58. The minimum atomic E-state index is -5.58. The van der Waals surface area contributed by atoms with Crippen molar-refractivity contribution in [1.82, 2.24) is 19.7 Å². The minimum Gasteiger partial charge on any atom is -0.394 e. The van der Waals surface area contributed by atoms with E-state index in [1.54, 1.807) is 30.4 Å². The number of anilines is 2. The Labute approximate surface area is 205 Å². The molecule has 1 aromatic carbocycles. The van der Waals surface area contributed by atoms with Gasteiger partial charge in [0.1, 0.15) is 11.5 Å². The predicted octanol–water partition coefficient (Wildman–Crippen LogP) is 5.01. The van der Waals surface area contributed by atoms with E-state index in [0.29, 0.717) is 23.5 Å². The van der Waals surface area contributed by atoms with Crippen LogP contribution in [-0.4, -0.2) is 50.9 Å². The number of hydrogen-bond acceptors (Lipinski definition) is 6. The van der Waals surface area contributed by atoms with Gasteiger partial charge < -0.3 is 11.1 Å². The zero-order chi connectivity index (χ0) is 27.0. The van der Waals surface area contributed by atoms with E-state index >= 15 is 0 Å². The van der Waals surface area contributed by atoms with Gasteiger partial charge in [-0.1, -0.05) is 24.3 Å². The summed E-state index contributed by atoms with van der Waals surface area (Å²) in [7, 11) is 0. The Morgan fingerprint density at radius 1 is 1.08 bits per heavy atom. The normalized spacial score (nSPS) is 14.2. The lowest BCUT2D eigenvalue weighted by Crippen LogP contribution is -2.52. The maximum Gasteiger partial charge on any atom is 0.404 e. The summed E-state index contributed by atoms with van der Waals surface area (Å²) in [4.78, 5) is 12.4. The third-order valence-electron chi connectivity index (χ3n) is 5.87. The van der Waals surface area contributed by atoms with Crippen LogP contribution in [0.5, 0.6) is 0 Å². The first-order valence-corrected chi connectivity index (χ1v) is 10.8. The number of hydrogen-bond donors (Lipinski definition) is 2. The van der Waals surface area contributed by atoms with Gasteiger partial charge >= 0.3 is 12.4 Å².